The molecular formula is C16H25N7. The molecule has 0 bridgehead atoms. The number of guanidine groups is 1. The molecule has 2 aromatic heterocycles. The Morgan fingerprint density at radius 2 is 2.22 bits per heavy atom. The van der Waals surface area contributed by atoms with Crippen LogP contribution in [0.2, 0.25) is 0 Å². The van der Waals surface area contributed by atoms with E-state index in [1.807, 2.05) is 28.8 Å². The Kier molecular flexibility index (Phi) is 5.07. The summed E-state index contributed by atoms with van der Waals surface area (Å²) in [5.74, 6) is 1.67. The quantitative estimate of drug-likeness (QED) is 0.586. The first-order valence-corrected chi connectivity index (χ1v) is 8.29. The van der Waals surface area contributed by atoms with E-state index < -0.39 is 0 Å². The van der Waals surface area contributed by atoms with E-state index in [4.69, 9.17) is 0 Å². The van der Waals surface area contributed by atoms with Gasteiger partial charge in [0.1, 0.15) is 0 Å². The van der Waals surface area contributed by atoms with Crippen LogP contribution >= 0.6 is 0 Å². The fourth-order valence-corrected chi connectivity index (χ4v) is 2.75. The van der Waals surface area contributed by atoms with E-state index >= 15 is 0 Å². The minimum Gasteiger partial charge on any atom is -0.355 e. The van der Waals surface area contributed by atoms with E-state index in [-0.39, 0.29) is 0 Å². The van der Waals surface area contributed by atoms with Crippen LogP contribution < -0.4 is 10.6 Å². The molecule has 0 aliphatic heterocycles. The van der Waals surface area contributed by atoms with Crippen molar-refractivity contribution in [2.75, 3.05) is 26.7 Å². The second-order valence-electron chi connectivity index (χ2n) is 5.76. The molecule has 1 aliphatic carbocycles. The van der Waals surface area contributed by atoms with Gasteiger partial charge in [-0.15, -0.1) is 10.2 Å². The summed E-state index contributed by atoms with van der Waals surface area (Å²) >= 11 is 0. The first-order chi connectivity index (χ1) is 11.3. The lowest BCUT2D eigenvalue weighted by Crippen LogP contribution is -2.42. The molecule has 1 saturated carbocycles. The van der Waals surface area contributed by atoms with Gasteiger partial charge in [-0.25, -0.2) is 0 Å². The first kappa shape index (κ1) is 15.7. The van der Waals surface area contributed by atoms with Crippen molar-refractivity contribution in [1.82, 2.24) is 30.1 Å². The molecule has 0 atom stereocenters. The third-order valence-electron chi connectivity index (χ3n) is 4.18. The second kappa shape index (κ2) is 7.41. The lowest BCUT2D eigenvalue weighted by molar-refractivity contribution is 0.282. The van der Waals surface area contributed by atoms with Crippen molar-refractivity contribution in [2.45, 2.75) is 32.4 Å². The zero-order valence-electron chi connectivity index (χ0n) is 13.9. The zero-order valence-corrected chi connectivity index (χ0v) is 13.9. The molecule has 3 rings (SSSR count). The second-order valence-corrected chi connectivity index (χ2v) is 5.76. The van der Waals surface area contributed by atoms with Crippen LogP contribution in [0.15, 0.2) is 29.4 Å². The number of nitrogens with zero attached hydrogens (tertiary/aromatic N) is 5. The van der Waals surface area contributed by atoms with Crippen molar-refractivity contribution in [2.24, 2.45) is 4.99 Å². The van der Waals surface area contributed by atoms with Gasteiger partial charge in [0.05, 0.1) is 6.54 Å². The minimum absolute atomic E-state index is 0.588. The Morgan fingerprint density at radius 1 is 1.35 bits per heavy atom. The van der Waals surface area contributed by atoms with Crippen molar-refractivity contribution in [3.63, 3.8) is 0 Å². The Bertz CT molecular complexity index is 659. The molecule has 2 heterocycles. The third kappa shape index (κ3) is 3.98. The van der Waals surface area contributed by atoms with Crippen LogP contribution in [0.25, 0.3) is 5.65 Å². The van der Waals surface area contributed by atoms with Crippen LogP contribution in [0.3, 0.4) is 0 Å². The summed E-state index contributed by atoms with van der Waals surface area (Å²) in [6.07, 6.45) is 4.67. The molecule has 0 amide bonds. The van der Waals surface area contributed by atoms with Crippen LogP contribution in [-0.4, -0.2) is 58.2 Å². The summed E-state index contributed by atoms with van der Waals surface area (Å²) in [6, 6.07) is 6.69. The summed E-state index contributed by atoms with van der Waals surface area (Å²) in [5.41, 5.74) is 0.857. The Labute approximate surface area is 136 Å². The van der Waals surface area contributed by atoms with E-state index in [9.17, 15) is 0 Å². The molecule has 2 N–H and O–H groups in total. The number of nitrogens with one attached hydrogen (secondary N) is 2. The van der Waals surface area contributed by atoms with Crippen LogP contribution in [-0.2, 0) is 6.54 Å². The van der Waals surface area contributed by atoms with Crippen molar-refractivity contribution < 1.29 is 0 Å². The van der Waals surface area contributed by atoms with Gasteiger partial charge in [-0.2, -0.15) is 0 Å². The predicted molar refractivity (Wildman–Crippen MR) is 91.5 cm³/mol. The van der Waals surface area contributed by atoms with Gasteiger partial charge >= 0.3 is 0 Å². The Balaban J connectivity index is 1.47. The van der Waals surface area contributed by atoms with Crippen LogP contribution in [0.4, 0.5) is 0 Å². The predicted octanol–water partition coefficient (Wildman–Crippen LogP) is 0.879. The molecule has 0 radical (unpaired) electrons. The third-order valence-corrected chi connectivity index (χ3v) is 4.18. The van der Waals surface area contributed by atoms with Crippen LogP contribution in [0.1, 0.15) is 25.6 Å². The summed E-state index contributed by atoms with van der Waals surface area (Å²) in [5, 5.41) is 15.0. The largest absolute Gasteiger partial charge is 0.355 e. The topological polar surface area (TPSA) is 69.8 Å². The van der Waals surface area contributed by atoms with Gasteiger partial charge in [-0.1, -0.05) is 13.0 Å². The average molecular weight is 315 g/mol. The van der Waals surface area contributed by atoms with Gasteiger partial charge in [0.25, 0.3) is 0 Å². The molecule has 0 aromatic carbocycles. The maximum atomic E-state index is 4.27. The summed E-state index contributed by atoms with van der Waals surface area (Å²) in [6.45, 7) is 5.87. The Hall–Kier alpha value is -2.15. The highest BCUT2D eigenvalue weighted by Crippen LogP contribution is 2.25. The number of likely N-dealkylation sites (N-methyl/N-ethyl adjacent to an activating group) is 1. The van der Waals surface area contributed by atoms with Crippen molar-refractivity contribution in [1.29, 1.82) is 0 Å². The molecule has 0 unspecified atom stereocenters. The minimum atomic E-state index is 0.588. The number of pyridine rings is 1. The van der Waals surface area contributed by atoms with Crippen LogP contribution in [0.5, 0.6) is 0 Å². The van der Waals surface area contributed by atoms with Gasteiger partial charge in [0.15, 0.2) is 17.4 Å². The first-order valence-electron chi connectivity index (χ1n) is 8.29. The fourth-order valence-electron chi connectivity index (χ4n) is 2.75. The van der Waals surface area contributed by atoms with Crippen molar-refractivity contribution in [3.8, 4) is 0 Å². The lowest BCUT2D eigenvalue weighted by Gasteiger charge is -2.20. The fraction of sp³-hybridized carbons (Fsp3) is 0.562. The zero-order chi connectivity index (χ0) is 16.1. The maximum Gasteiger partial charge on any atom is 0.191 e. The highest BCUT2D eigenvalue weighted by atomic mass is 15.3. The average Bonchev–Trinajstić information content (AvgIpc) is 3.35. The monoisotopic (exact) mass is 315 g/mol. The number of hydrogen-bond acceptors (Lipinski definition) is 4. The number of aromatic nitrogens is 3. The smallest absolute Gasteiger partial charge is 0.191 e. The van der Waals surface area contributed by atoms with E-state index in [1.165, 1.54) is 12.8 Å². The molecule has 0 saturated heterocycles. The SMILES string of the molecule is CCN(CCNC(=NC)NCc1nnc2ccccn12)C1CC1. The highest BCUT2D eigenvalue weighted by Gasteiger charge is 2.27. The van der Waals surface area contributed by atoms with Gasteiger partial charge in [0.2, 0.25) is 0 Å². The molecule has 124 valence electrons. The molecule has 1 aliphatic rings. The molecule has 0 spiro atoms. The number of aliphatic imine (C=N–C) groups is 1. The molecule has 1 fully saturated rings. The number of fused-ring (bicyclic) bond motifs is 1. The molecular weight excluding hydrogens is 290 g/mol. The molecule has 7 nitrogen and oxygen atoms in total. The van der Waals surface area contributed by atoms with Gasteiger partial charge in [-0.3, -0.25) is 14.3 Å². The van der Waals surface area contributed by atoms with Gasteiger partial charge < -0.3 is 10.6 Å². The summed E-state index contributed by atoms with van der Waals surface area (Å²) < 4.78 is 1.98. The molecule has 2 aromatic rings. The maximum absolute atomic E-state index is 4.27. The van der Waals surface area contributed by atoms with Gasteiger partial charge in [-0.05, 0) is 31.5 Å². The number of hydrogen-bond donors (Lipinski definition) is 2. The molecule has 7 heteroatoms. The highest BCUT2D eigenvalue weighted by molar-refractivity contribution is 5.79. The lowest BCUT2D eigenvalue weighted by atomic mass is 10.4. The van der Waals surface area contributed by atoms with E-state index in [1.54, 1.807) is 7.05 Å². The standard InChI is InChI=1S/C16H25N7/c1-3-22(13-7-8-13)11-9-18-16(17-2)19-12-15-21-20-14-6-4-5-10-23(14)15/h4-6,10,13H,3,7-9,11-12H2,1-2H3,(H2,17,18,19). The number of rotatable bonds is 7. The summed E-state index contributed by atoms with van der Waals surface area (Å²) in [4.78, 5) is 6.79. The van der Waals surface area contributed by atoms with Gasteiger partial charge in [0, 0.05) is 32.4 Å². The van der Waals surface area contributed by atoms with Crippen molar-refractivity contribution >= 4 is 11.6 Å². The van der Waals surface area contributed by atoms with Crippen LogP contribution in [0, 0.1) is 0 Å². The summed E-state index contributed by atoms with van der Waals surface area (Å²) in [7, 11) is 1.79. The van der Waals surface area contributed by atoms with E-state index in [2.05, 4.69) is 37.6 Å². The van der Waals surface area contributed by atoms with E-state index in [0.29, 0.717) is 6.54 Å². The van der Waals surface area contributed by atoms with E-state index in [0.717, 1.165) is 43.1 Å². The normalized spacial score (nSPS) is 15.3. The Morgan fingerprint density at radius 3 is 2.96 bits per heavy atom. The van der Waals surface area contributed by atoms with Crippen molar-refractivity contribution in [3.05, 3.63) is 30.2 Å². The molecule has 23 heavy (non-hydrogen) atoms.